The molecule has 5 nitrogen and oxygen atoms in total. The molecule has 1 aliphatic rings. The zero-order valence-corrected chi connectivity index (χ0v) is 19.1. The molecular weight excluding hydrogens is 417 g/mol. The van der Waals surface area contributed by atoms with Gasteiger partial charge in [-0.05, 0) is 60.4 Å². The molecule has 3 N–H and O–H groups in total. The normalized spacial score (nSPS) is 15.4. The van der Waals surface area contributed by atoms with E-state index in [0.717, 1.165) is 49.5 Å². The van der Waals surface area contributed by atoms with Gasteiger partial charge in [-0.3, -0.25) is 4.90 Å². The van der Waals surface area contributed by atoms with Gasteiger partial charge in [0, 0.05) is 50.2 Å². The molecule has 33 heavy (non-hydrogen) atoms. The molecule has 1 aliphatic heterocycles. The fourth-order valence-corrected chi connectivity index (χ4v) is 4.16. The van der Waals surface area contributed by atoms with Gasteiger partial charge >= 0.3 is 0 Å². The van der Waals surface area contributed by atoms with Crippen molar-refractivity contribution in [1.29, 1.82) is 0 Å². The topological polar surface area (TPSA) is 62.0 Å². The van der Waals surface area contributed by atoms with Gasteiger partial charge in [0.2, 0.25) is 0 Å². The molecule has 1 atom stereocenters. The highest BCUT2D eigenvalue weighted by atomic mass is 19.1. The van der Waals surface area contributed by atoms with Crippen molar-refractivity contribution in [2.45, 2.75) is 19.4 Å². The van der Waals surface area contributed by atoms with Gasteiger partial charge in [0.1, 0.15) is 24.3 Å². The number of piperazine rings is 1. The summed E-state index contributed by atoms with van der Waals surface area (Å²) in [6.45, 7) is 6.43. The number of hydrogen-bond donors (Lipinski definition) is 2. The molecule has 0 saturated carbocycles. The van der Waals surface area contributed by atoms with E-state index < -0.39 is 6.10 Å². The molecule has 6 heteroatoms. The third kappa shape index (κ3) is 6.46. The molecule has 0 radical (unpaired) electrons. The Labute approximate surface area is 195 Å². The lowest BCUT2D eigenvalue weighted by atomic mass is 10.0. The first-order chi connectivity index (χ1) is 16.0. The van der Waals surface area contributed by atoms with Crippen LogP contribution >= 0.6 is 0 Å². The van der Waals surface area contributed by atoms with Crippen molar-refractivity contribution >= 4 is 11.4 Å². The minimum Gasteiger partial charge on any atom is -0.490 e. The van der Waals surface area contributed by atoms with Gasteiger partial charge in [0.15, 0.2) is 0 Å². The van der Waals surface area contributed by atoms with E-state index in [-0.39, 0.29) is 12.4 Å². The van der Waals surface area contributed by atoms with Crippen LogP contribution in [0.5, 0.6) is 5.75 Å². The Morgan fingerprint density at radius 2 is 1.58 bits per heavy atom. The Balaban J connectivity index is 1.22. The van der Waals surface area contributed by atoms with Crippen LogP contribution < -0.4 is 15.4 Å². The molecule has 1 fully saturated rings. The number of benzene rings is 3. The first-order valence-electron chi connectivity index (χ1n) is 11.4. The quantitative estimate of drug-likeness (QED) is 0.511. The Bertz CT molecular complexity index is 1030. The number of hydrogen-bond acceptors (Lipinski definition) is 5. The van der Waals surface area contributed by atoms with Crippen LogP contribution in [0.3, 0.4) is 0 Å². The Morgan fingerprint density at radius 3 is 2.24 bits per heavy atom. The van der Waals surface area contributed by atoms with E-state index in [2.05, 4.69) is 34.1 Å². The van der Waals surface area contributed by atoms with Gasteiger partial charge in [-0.15, -0.1) is 0 Å². The van der Waals surface area contributed by atoms with Crippen molar-refractivity contribution in [3.8, 4) is 5.75 Å². The maximum atomic E-state index is 13.1. The number of aryl methyl sites for hydroxylation is 1. The highest BCUT2D eigenvalue weighted by Crippen LogP contribution is 2.22. The summed E-state index contributed by atoms with van der Waals surface area (Å²) in [5, 5.41) is 10.4. The van der Waals surface area contributed by atoms with Crippen LogP contribution in [0.15, 0.2) is 66.7 Å². The SMILES string of the molecule is Cc1ccc(N)cc1OC[C@@H](O)CN1CCN(c2ccc(Cc3ccc(F)cc3)cc2)CC1. The van der Waals surface area contributed by atoms with Crippen molar-refractivity contribution < 1.29 is 14.2 Å². The number of aliphatic hydroxyl groups is 1. The second kappa shape index (κ2) is 10.7. The van der Waals surface area contributed by atoms with E-state index in [0.29, 0.717) is 12.2 Å². The van der Waals surface area contributed by atoms with Crippen molar-refractivity contribution in [1.82, 2.24) is 4.90 Å². The molecule has 3 aromatic rings. The molecule has 0 unspecified atom stereocenters. The molecule has 4 rings (SSSR count). The number of anilines is 2. The Kier molecular flexibility index (Phi) is 7.47. The maximum absolute atomic E-state index is 13.1. The molecule has 0 bridgehead atoms. The highest BCUT2D eigenvalue weighted by Gasteiger charge is 2.20. The van der Waals surface area contributed by atoms with Gasteiger partial charge in [0.05, 0.1) is 0 Å². The summed E-state index contributed by atoms with van der Waals surface area (Å²) >= 11 is 0. The number of rotatable bonds is 8. The van der Waals surface area contributed by atoms with Crippen LogP contribution in [0.2, 0.25) is 0 Å². The minimum atomic E-state index is -0.553. The number of aliphatic hydroxyl groups excluding tert-OH is 1. The van der Waals surface area contributed by atoms with Crippen LogP contribution in [0.25, 0.3) is 0 Å². The van der Waals surface area contributed by atoms with Crippen LogP contribution in [0.4, 0.5) is 15.8 Å². The molecule has 0 aliphatic carbocycles. The fourth-order valence-electron chi connectivity index (χ4n) is 4.16. The standard InChI is InChI=1S/C27H32FN3O2/c1-20-2-9-24(29)17-27(20)33-19-26(32)18-30-12-14-31(15-13-30)25-10-5-22(6-11-25)16-21-3-7-23(28)8-4-21/h2-11,17,26,32H,12-16,18-19,29H2,1H3/t26-/m0/s1. The van der Waals surface area contributed by atoms with Crippen LogP contribution in [-0.4, -0.2) is 55.4 Å². The second-order valence-corrected chi connectivity index (χ2v) is 8.75. The number of β-amino-alcohol motifs (C(OH)–C–C–N with tert-alkyl or cyclic N) is 1. The van der Waals surface area contributed by atoms with Crippen molar-refractivity contribution in [3.05, 3.63) is 89.2 Å². The largest absolute Gasteiger partial charge is 0.490 e. The molecular formula is C27H32FN3O2. The maximum Gasteiger partial charge on any atom is 0.124 e. The summed E-state index contributed by atoms with van der Waals surface area (Å²) in [4.78, 5) is 4.65. The summed E-state index contributed by atoms with van der Waals surface area (Å²) in [5.74, 6) is 0.520. The molecule has 1 heterocycles. The molecule has 3 aromatic carbocycles. The van der Waals surface area contributed by atoms with E-state index in [1.54, 1.807) is 6.07 Å². The number of nitrogens with two attached hydrogens (primary N) is 1. The van der Waals surface area contributed by atoms with E-state index >= 15 is 0 Å². The van der Waals surface area contributed by atoms with E-state index in [1.807, 2.05) is 31.2 Å². The van der Waals surface area contributed by atoms with Crippen LogP contribution in [0, 0.1) is 12.7 Å². The summed E-state index contributed by atoms with van der Waals surface area (Å²) in [6.07, 6.45) is 0.242. The average Bonchev–Trinajstić information content (AvgIpc) is 2.82. The summed E-state index contributed by atoms with van der Waals surface area (Å²) in [5.41, 5.74) is 11.0. The second-order valence-electron chi connectivity index (χ2n) is 8.75. The van der Waals surface area contributed by atoms with Gasteiger partial charge < -0.3 is 20.5 Å². The molecule has 0 aromatic heterocycles. The van der Waals surface area contributed by atoms with Gasteiger partial charge in [0.25, 0.3) is 0 Å². The number of halogens is 1. The van der Waals surface area contributed by atoms with Crippen LogP contribution in [0.1, 0.15) is 16.7 Å². The molecule has 0 amide bonds. The van der Waals surface area contributed by atoms with E-state index in [9.17, 15) is 9.50 Å². The molecule has 174 valence electrons. The zero-order valence-electron chi connectivity index (χ0n) is 19.1. The lowest BCUT2D eigenvalue weighted by Crippen LogP contribution is -2.49. The van der Waals surface area contributed by atoms with Crippen molar-refractivity contribution in [3.63, 3.8) is 0 Å². The zero-order chi connectivity index (χ0) is 23.2. The fraction of sp³-hybridized carbons (Fsp3) is 0.333. The first-order valence-corrected chi connectivity index (χ1v) is 11.4. The number of nitrogens with zero attached hydrogens (tertiary/aromatic N) is 2. The number of ether oxygens (including phenoxy) is 1. The molecule has 1 saturated heterocycles. The first kappa shape index (κ1) is 23.1. The predicted molar refractivity (Wildman–Crippen MR) is 131 cm³/mol. The summed E-state index contributed by atoms with van der Waals surface area (Å²) in [7, 11) is 0. The minimum absolute atomic E-state index is 0.204. The summed E-state index contributed by atoms with van der Waals surface area (Å²) in [6, 6.07) is 20.8. The molecule has 0 spiro atoms. The Morgan fingerprint density at radius 1 is 0.939 bits per heavy atom. The summed E-state index contributed by atoms with van der Waals surface area (Å²) < 4.78 is 18.9. The van der Waals surface area contributed by atoms with Gasteiger partial charge in [-0.25, -0.2) is 4.39 Å². The third-order valence-corrected chi connectivity index (χ3v) is 6.11. The van der Waals surface area contributed by atoms with Gasteiger partial charge in [-0.1, -0.05) is 30.3 Å². The van der Waals surface area contributed by atoms with Crippen molar-refractivity contribution in [2.75, 3.05) is 50.0 Å². The van der Waals surface area contributed by atoms with Crippen LogP contribution in [-0.2, 0) is 6.42 Å². The number of nitrogen functional groups attached to an aromatic ring is 1. The third-order valence-electron chi connectivity index (χ3n) is 6.11. The highest BCUT2D eigenvalue weighted by molar-refractivity contribution is 5.49. The van der Waals surface area contributed by atoms with E-state index in [4.69, 9.17) is 10.5 Å². The van der Waals surface area contributed by atoms with E-state index in [1.165, 1.54) is 23.4 Å². The predicted octanol–water partition coefficient (Wildman–Crippen LogP) is 3.87. The Hall–Kier alpha value is -3.09. The average molecular weight is 450 g/mol. The lowest BCUT2D eigenvalue weighted by Gasteiger charge is -2.37. The lowest BCUT2D eigenvalue weighted by molar-refractivity contribution is 0.0661. The monoisotopic (exact) mass is 449 g/mol. The van der Waals surface area contributed by atoms with Gasteiger partial charge in [-0.2, -0.15) is 0 Å². The smallest absolute Gasteiger partial charge is 0.124 e. The van der Waals surface area contributed by atoms with Crippen molar-refractivity contribution in [2.24, 2.45) is 0 Å².